The fourth-order valence-corrected chi connectivity index (χ4v) is 2.99. The minimum absolute atomic E-state index is 0.0845. The quantitative estimate of drug-likeness (QED) is 0.632. The van der Waals surface area contributed by atoms with E-state index in [1.165, 1.54) is 0 Å². The molecule has 3 aromatic rings. The molecule has 2 aromatic carbocycles. The lowest BCUT2D eigenvalue weighted by molar-refractivity contribution is 0.176. The number of amides is 2. The van der Waals surface area contributed by atoms with Crippen LogP contribution in [-0.4, -0.2) is 22.2 Å². The number of carbonyl (C=O) groups excluding carboxylic acids is 1. The van der Waals surface area contributed by atoms with Crippen molar-refractivity contribution < 1.29 is 9.90 Å². The van der Waals surface area contributed by atoms with Gasteiger partial charge in [0.2, 0.25) is 0 Å². The van der Waals surface area contributed by atoms with Crippen LogP contribution in [0.5, 0.6) is 0 Å². The largest absolute Gasteiger partial charge is 0.386 e. The van der Waals surface area contributed by atoms with Crippen LogP contribution in [0.25, 0.3) is 10.9 Å². The third kappa shape index (κ3) is 3.90. The minimum Gasteiger partial charge on any atom is -0.386 e. The average Bonchev–Trinajstić information content (AvgIpc) is 2.93. The van der Waals surface area contributed by atoms with E-state index in [0.717, 1.165) is 16.5 Å². The molecule has 25 heavy (non-hydrogen) atoms. The molecule has 1 heterocycles. The maximum absolute atomic E-state index is 12.0. The van der Waals surface area contributed by atoms with Gasteiger partial charge in [0.15, 0.2) is 0 Å². The fraction of sp³-hybridized carbons (Fsp3) is 0.167. The van der Waals surface area contributed by atoms with Crippen molar-refractivity contribution in [3.63, 3.8) is 0 Å². The van der Waals surface area contributed by atoms with Crippen molar-refractivity contribution in [2.24, 2.45) is 7.05 Å². The molecule has 2 amide bonds. The van der Waals surface area contributed by atoms with Gasteiger partial charge in [-0.05, 0) is 24.3 Å². The predicted molar refractivity (Wildman–Crippen MR) is 101 cm³/mol. The molecule has 0 aliphatic carbocycles. The molecule has 5 nitrogen and oxygen atoms in total. The Morgan fingerprint density at radius 1 is 1.20 bits per heavy atom. The molecule has 0 radical (unpaired) electrons. The number of anilines is 1. The van der Waals surface area contributed by atoms with E-state index >= 15 is 0 Å². The van der Waals surface area contributed by atoms with Gasteiger partial charge in [-0.3, -0.25) is 0 Å². The molecule has 0 bridgehead atoms. The smallest absolute Gasteiger partial charge is 0.319 e. The second-order valence-electron chi connectivity index (χ2n) is 5.69. The summed E-state index contributed by atoms with van der Waals surface area (Å²) in [5.41, 5.74) is 2.32. The van der Waals surface area contributed by atoms with Crippen LogP contribution in [0.4, 0.5) is 10.5 Å². The summed E-state index contributed by atoms with van der Waals surface area (Å²) in [5, 5.41) is 17.5. The number of benzene rings is 2. The number of hydrogen-bond donors (Lipinski definition) is 3. The SMILES string of the molecule is Cn1cc(C(O)CNC(=O)Nc2ccc(Cl)c(Cl)c2)c2ccccc21. The van der Waals surface area contributed by atoms with Gasteiger partial charge in [-0.15, -0.1) is 0 Å². The second-order valence-corrected chi connectivity index (χ2v) is 6.51. The molecular formula is C18H17Cl2N3O2. The van der Waals surface area contributed by atoms with Crippen LogP contribution in [0.15, 0.2) is 48.7 Å². The Labute approximate surface area is 155 Å². The minimum atomic E-state index is -0.814. The Bertz CT molecular complexity index is 924. The summed E-state index contributed by atoms with van der Waals surface area (Å²) in [6.45, 7) is 0.0845. The van der Waals surface area contributed by atoms with Crippen LogP contribution in [0.2, 0.25) is 10.0 Å². The van der Waals surface area contributed by atoms with Crippen molar-refractivity contribution in [3.8, 4) is 0 Å². The van der Waals surface area contributed by atoms with Crippen LogP contribution in [0.3, 0.4) is 0 Å². The summed E-state index contributed by atoms with van der Waals surface area (Å²) in [5.74, 6) is 0. The molecular weight excluding hydrogens is 361 g/mol. The number of urea groups is 1. The highest BCUT2D eigenvalue weighted by molar-refractivity contribution is 6.42. The Morgan fingerprint density at radius 3 is 2.72 bits per heavy atom. The van der Waals surface area contributed by atoms with Crippen molar-refractivity contribution in [2.45, 2.75) is 6.10 Å². The molecule has 130 valence electrons. The Kier molecular flexibility index (Phi) is 5.18. The topological polar surface area (TPSA) is 66.3 Å². The fourth-order valence-electron chi connectivity index (χ4n) is 2.69. The predicted octanol–water partition coefficient (Wildman–Crippen LogP) is 4.34. The van der Waals surface area contributed by atoms with Gasteiger partial charge in [0, 0.05) is 41.9 Å². The van der Waals surface area contributed by atoms with Crippen LogP contribution >= 0.6 is 23.2 Å². The number of aryl methyl sites for hydroxylation is 1. The third-order valence-electron chi connectivity index (χ3n) is 3.92. The number of halogens is 2. The summed E-state index contributed by atoms with van der Waals surface area (Å²) >= 11 is 11.8. The van der Waals surface area contributed by atoms with E-state index in [2.05, 4.69) is 10.6 Å². The highest BCUT2D eigenvalue weighted by atomic mass is 35.5. The number of hydrogen-bond acceptors (Lipinski definition) is 2. The van der Waals surface area contributed by atoms with Crippen LogP contribution < -0.4 is 10.6 Å². The number of aliphatic hydroxyl groups is 1. The molecule has 0 fully saturated rings. The lowest BCUT2D eigenvalue weighted by Crippen LogP contribution is -2.32. The number of aliphatic hydroxyl groups excluding tert-OH is 1. The number of para-hydroxylation sites is 1. The van der Waals surface area contributed by atoms with Crippen LogP contribution in [0, 0.1) is 0 Å². The molecule has 0 spiro atoms. The molecule has 3 rings (SSSR count). The van der Waals surface area contributed by atoms with E-state index in [-0.39, 0.29) is 6.54 Å². The Hall–Kier alpha value is -2.21. The first kappa shape index (κ1) is 17.6. The van der Waals surface area contributed by atoms with Gasteiger partial charge in [0.05, 0.1) is 16.1 Å². The first-order valence-corrected chi connectivity index (χ1v) is 8.43. The Balaban J connectivity index is 1.64. The molecule has 0 saturated heterocycles. The summed E-state index contributed by atoms with van der Waals surface area (Å²) in [6.07, 6.45) is 1.05. The molecule has 1 atom stereocenters. The van der Waals surface area contributed by atoms with Crippen molar-refractivity contribution in [1.29, 1.82) is 0 Å². The van der Waals surface area contributed by atoms with E-state index in [1.807, 2.05) is 42.1 Å². The van der Waals surface area contributed by atoms with Gasteiger partial charge in [-0.1, -0.05) is 41.4 Å². The zero-order valence-corrected chi connectivity index (χ0v) is 15.0. The number of nitrogens with one attached hydrogen (secondary N) is 2. The average molecular weight is 378 g/mol. The number of nitrogens with zero attached hydrogens (tertiary/aromatic N) is 1. The van der Waals surface area contributed by atoms with Gasteiger partial charge in [-0.25, -0.2) is 4.79 Å². The van der Waals surface area contributed by atoms with E-state index in [0.29, 0.717) is 15.7 Å². The van der Waals surface area contributed by atoms with Gasteiger partial charge >= 0.3 is 6.03 Å². The molecule has 1 aromatic heterocycles. The zero-order chi connectivity index (χ0) is 18.0. The van der Waals surface area contributed by atoms with Crippen LogP contribution in [-0.2, 0) is 7.05 Å². The van der Waals surface area contributed by atoms with Gasteiger partial charge in [-0.2, -0.15) is 0 Å². The van der Waals surface area contributed by atoms with E-state index < -0.39 is 12.1 Å². The van der Waals surface area contributed by atoms with Crippen molar-refractivity contribution in [3.05, 3.63) is 64.3 Å². The van der Waals surface area contributed by atoms with E-state index in [4.69, 9.17) is 23.2 Å². The number of fused-ring (bicyclic) bond motifs is 1. The zero-order valence-electron chi connectivity index (χ0n) is 13.5. The normalized spacial score (nSPS) is 12.2. The lowest BCUT2D eigenvalue weighted by Gasteiger charge is -2.12. The van der Waals surface area contributed by atoms with Crippen molar-refractivity contribution in [1.82, 2.24) is 9.88 Å². The number of rotatable bonds is 4. The first-order valence-electron chi connectivity index (χ1n) is 7.67. The van der Waals surface area contributed by atoms with Crippen molar-refractivity contribution >= 4 is 45.8 Å². The monoisotopic (exact) mass is 377 g/mol. The second kappa shape index (κ2) is 7.35. The van der Waals surface area contributed by atoms with Crippen LogP contribution in [0.1, 0.15) is 11.7 Å². The molecule has 7 heteroatoms. The highest BCUT2D eigenvalue weighted by Crippen LogP contribution is 2.26. The maximum atomic E-state index is 12.0. The summed E-state index contributed by atoms with van der Waals surface area (Å²) < 4.78 is 1.95. The maximum Gasteiger partial charge on any atom is 0.319 e. The summed E-state index contributed by atoms with van der Waals surface area (Å²) in [7, 11) is 1.92. The molecule has 3 N–H and O–H groups in total. The van der Waals surface area contributed by atoms with Crippen molar-refractivity contribution in [2.75, 3.05) is 11.9 Å². The Morgan fingerprint density at radius 2 is 1.96 bits per heavy atom. The molecule has 0 aliphatic rings. The molecule has 0 aliphatic heterocycles. The number of aromatic nitrogens is 1. The molecule has 1 unspecified atom stereocenters. The first-order chi connectivity index (χ1) is 12.0. The van der Waals surface area contributed by atoms with Gasteiger partial charge in [0.1, 0.15) is 0 Å². The van der Waals surface area contributed by atoms with Gasteiger partial charge in [0.25, 0.3) is 0 Å². The third-order valence-corrected chi connectivity index (χ3v) is 4.66. The summed E-state index contributed by atoms with van der Waals surface area (Å²) in [4.78, 5) is 12.0. The molecule has 0 saturated carbocycles. The standard InChI is InChI=1S/C18H17Cl2N3O2/c1-23-10-13(12-4-2-3-5-16(12)23)17(24)9-21-18(25)22-11-6-7-14(19)15(20)8-11/h2-8,10,17,24H,9H2,1H3,(H2,21,22,25). The van der Waals surface area contributed by atoms with Gasteiger partial charge < -0.3 is 20.3 Å². The number of carbonyl (C=O) groups is 1. The van der Waals surface area contributed by atoms with E-state index in [9.17, 15) is 9.90 Å². The van der Waals surface area contributed by atoms with E-state index in [1.54, 1.807) is 18.2 Å². The lowest BCUT2D eigenvalue weighted by atomic mass is 10.1. The summed E-state index contributed by atoms with van der Waals surface area (Å²) in [6, 6.07) is 12.2. The highest BCUT2D eigenvalue weighted by Gasteiger charge is 2.15.